The van der Waals surface area contributed by atoms with E-state index < -0.39 is 10.0 Å². The lowest BCUT2D eigenvalue weighted by Crippen LogP contribution is -2.38. The Kier molecular flexibility index (Phi) is 6.64. The Morgan fingerprint density at radius 2 is 1.73 bits per heavy atom. The van der Waals surface area contributed by atoms with Crippen molar-refractivity contribution in [1.29, 1.82) is 0 Å². The molecule has 10 heteroatoms. The number of nitrogens with two attached hydrogens (primary N) is 1. The van der Waals surface area contributed by atoms with Gasteiger partial charge in [0.1, 0.15) is 5.82 Å². The van der Waals surface area contributed by atoms with Crippen molar-refractivity contribution in [2.45, 2.75) is 23.8 Å². The van der Waals surface area contributed by atoms with E-state index in [4.69, 9.17) is 16.7 Å². The van der Waals surface area contributed by atoms with Gasteiger partial charge in [0.15, 0.2) is 5.03 Å². The highest BCUT2D eigenvalue weighted by Gasteiger charge is 2.27. The van der Waals surface area contributed by atoms with Gasteiger partial charge in [-0.05, 0) is 60.7 Å². The molecule has 1 aromatic heterocycles. The molecule has 3 N–H and O–H groups in total. The lowest BCUT2D eigenvalue weighted by molar-refractivity contribution is 0.0713. The largest absolute Gasteiger partial charge is 0.355 e. The van der Waals surface area contributed by atoms with E-state index in [1.54, 1.807) is 41.3 Å². The number of likely N-dealkylation sites (tertiary alicyclic amines) is 1. The summed E-state index contributed by atoms with van der Waals surface area (Å²) in [7, 11) is -4.06. The van der Waals surface area contributed by atoms with Crippen LogP contribution in [0, 0.1) is 5.82 Å². The summed E-state index contributed by atoms with van der Waals surface area (Å²) < 4.78 is 36.8. The first-order valence-electron chi connectivity index (χ1n) is 10.3. The molecule has 4 rings (SSSR count). The predicted molar refractivity (Wildman–Crippen MR) is 125 cm³/mol. The fourth-order valence-corrected chi connectivity index (χ4v) is 4.48. The Hall–Kier alpha value is -3.01. The zero-order chi connectivity index (χ0) is 23.6. The molecule has 0 aliphatic carbocycles. The molecule has 2 heterocycles. The van der Waals surface area contributed by atoms with E-state index in [0.717, 1.165) is 18.4 Å². The van der Waals surface area contributed by atoms with Crippen molar-refractivity contribution in [2.24, 2.45) is 5.14 Å². The SMILES string of the molecule is NS(=O)(=O)c1cc(Nc2ccc(Cl)cc2)c(C(=O)N2CCC(c3ccc(F)cc3)CC2)cn1. The number of aromatic nitrogens is 1. The molecule has 0 saturated carbocycles. The highest BCUT2D eigenvalue weighted by molar-refractivity contribution is 7.89. The number of primary sulfonamides is 1. The van der Waals surface area contributed by atoms with Crippen LogP contribution in [0.15, 0.2) is 65.8 Å². The van der Waals surface area contributed by atoms with Gasteiger partial charge in [-0.3, -0.25) is 4.79 Å². The van der Waals surface area contributed by atoms with E-state index in [0.29, 0.717) is 23.8 Å². The zero-order valence-corrected chi connectivity index (χ0v) is 19.1. The first kappa shape index (κ1) is 23.2. The third-order valence-electron chi connectivity index (χ3n) is 5.65. The molecule has 7 nitrogen and oxygen atoms in total. The number of sulfonamides is 1. The fraction of sp³-hybridized carbons (Fsp3) is 0.217. The summed E-state index contributed by atoms with van der Waals surface area (Å²) in [5, 5.41) is 8.50. The highest BCUT2D eigenvalue weighted by atomic mass is 35.5. The molecule has 1 aliphatic heterocycles. The maximum atomic E-state index is 13.3. The normalized spacial score (nSPS) is 14.8. The minimum Gasteiger partial charge on any atom is -0.355 e. The van der Waals surface area contributed by atoms with Gasteiger partial charge in [0.25, 0.3) is 15.9 Å². The molecule has 33 heavy (non-hydrogen) atoms. The van der Waals surface area contributed by atoms with E-state index in [1.165, 1.54) is 24.4 Å². The van der Waals surface area contributed by atoms with Gasteiger partial charge in [-0.2, -0.15) is 0 Å². The summed E-state index contributed by atoms with van der Waals surface area (Å²) in [5.74, 6) is -0.302. The summed E-state index contributed by atoms with van der Waals surface area (Å²) in [5.41, 5.74) is 2.18. The van der Waals surface area contributed by atoms with Crippen LogP contribution < -0.4 is 10.5 Å². The number of nitrogens with one attached hydrogen (secondary N) is 1. The Morgan fingerprint density at radius 1 is 1.09 bits per heavy atom. The van der Waals surface area contributed by atoms with Crippen molar-refractivity contribution in [2.75, 3.05) is 18.4 Å². The average Bonchev–Trinajstić information content (AvgIpc) is 2.80. The number of carbonyl (C=O) groups is 1. The van der Waals surface area contributed by atoms with E-state index >= 15 is 0 Å². The number of piperidine rings is 1. The number of hydrogen-bond acceptors (Lipinski definition) is 5. The molecular formula is C23H22ClFN4O3S. The number of rotatable bonds is 5. The predicted octanol–water partition coefficient (Wildman–Crippen LogP) is 4.28. The van der Waals surface area contributed by atoms with Gasteiger partial charge in [-0.1, -0.05) is 23.7 Å². The second kappa shape index (κ2) is 9.46. The van der Waals surface area contributed by atoms with Crippen LogP contribution in [-0.2, 0) is 10.0 Å². The summed E-state index contributed by atoms with van der Waals surface area (Å²) in [6, 6.07) is 14.5. The van der Waals surface area contributed by atoms with Crippen molar-refractivity contribution in [1.82, 2.24) is 9.88 Å². The molecule has 1 saturated heterocycles. The molecular weight excluding hydrogens is 467 g/mol. The van der Waals surface area contributed by atoms with Gasteiger partial charge >= 0.3 is 0 Å². The summed E-state index contributed by atoms with van der Waals surface area (Å²) >= 11 is 5.93. The van der Waals surface area contributed by atoms with Crippen LogP contribution in [0.4, 0.5) is 15.8 Å². The third kappa shape index (κ3) is 5.50. The van der Waals surface area contributed by atoms with Gasteiger partial charge in [-0.15, -0.1) is 0 Å². The molecule has 0 spiro atoms. The van der Waals surface area contributed by atoms with Crippen LogP contribution in [0.3, 0.4) is 0 Å². The summed E-state index contributed by atoms with van der Waals surface area (Å²) in [4.78, 5) is 18.9. The monoisotopic (exact) mass is 488 g/mol. The Balaban J connectivity index is 1.56. The smallest absolute Gasteiger partial charge is 0.257 e. The molecule has 0 atom stereocenters. The number of nitrogens with zero attached hydrogens (tertiary/aromatic N) is 2. The Morgan fingerprint density at radius 3 is 2.33 bits per heavy atom. The quantitative estimate of drug-likeness (QED) is 0.557. The number of halogens is 2. The van der Waals surface area contributed by atoms with E-state index in [2.05, 4.69) is 10.3 Å². The molecule has 172 valence electrons. The van der Waals surface area contributed by atoms with E-state index in [9.17, 15) is 17.6 Å². The second-order valence-corrected chi connectivity index (χ2v) is 9.81. The van der Waals surface area contributed by atoms with E-state index in [1.807, 2.05) is 0 Å². The van der Waals surface area contributed by atoms with Gasteiger partial charge in [0.2, 0.25) is 0 Å². The number of hydrogen-bond donors (Lipinski definition) is 2. The summed E-state index contributed by atoms with van der Waals surface area (Å²) in [6.07, 6.45) is 2.70. The van der Waals surface area contributed by atoms with Crippen molar-refractivity contribution in [3.63, 3.8) is 0 Å². The minimum atomic E-state index is -4.06. The third-order valence-corrected chi connectivity index (χ3v) is 6.71. The van der Waals surface area contributed by atoms with Gasteiger partial charge < -0.3 is 10.2 Å². The molecule has 0 unspecified atom stereocenters. The van der Waals surface area contributed by atoms with Crippen LogP contribution in [0.1, 0.15) is 34.7 Å². The van der Waals surface area contributed by atoms with Gasteiger partial charge in [0, 0.05) is 36.1 Å². The van der Waals surface area contributed by atoms with Crippen molar-refractivity contribution in [3.8, 4) is 0 Å². The Labute approximate surface area is 196 Å². The number of amides is 1. The standard InChI is InChI=1S/C23H22ClFN4O3S/c24-17-3-7-19(8-4-17)28-21-13-22(33(26,31)32)27-14-20(21)23(30)29-11-9-16(10-12-29)15-1-5-18(25)6-2-15/h1-8,13-14,16H,9-12H2,(H,27,28)(H2,26,31,32). The van der Waals surface area contributed by atoms with E-state index in [-0.39, 0.29) is 33.9 Å². The van der Waals surface area contributed by atoms with Crippen LogP contribution in [0.5, 0.6) is 0 Å². The Bertz CT molecular complexity index is 1260. The van der Waals surface area contributed by atoms with Gasteiger partial charge in [0.05, 0.1) is 11.3 Å². The molecule has 3 aromatic rings. The van der Waals surface area contributed by atoms with Crippen LogP contribution >= 0.6 is 11.6 Å². The molecule has 0 radical (unpaired) electrons. The number of pyridine rings is 1. The topological polar surface area (TPSA) is 105 Å². The maximum absolute atomic E-state index is 13.3. The average molecular weight is 489 g/mol. The molecule has 0 bridgehead atoms. The molecule has 2 aromatic carbocycles. The first-order valence-corrected chi connectivity index (χ1v) is 12.2. The fourth-order valence-electron chi connectivity index (χ4n) is 3.88. The lowest BCUT2D eigenvalue weighted by atomic mass is 9.89. The van der Waals surface area contributed by atoms with Crippen molar-refractivity contribution >= 4 is 38.9 Å². The molecule has 1 amide bonds. The van der Waals surface area contributed by atoms with Crippen LogP contribution in [-0.4, -0.2) is 37.3 Å². The minimum absolute atomic E-state index is 0.234. The van der Waals surface area contributed by atoms with Gasteiger partial charge in [-0.25, -0.2) is 22.9 Å². The van der Waals surface area contributed by atoms with Crippen molar-refractivity contribution < 1.29 is 17.6 Å². The van der Waals surface area contributed by atoms with Crippen molar-refractivity contribution in [3.05, 3.63) is 82.8 Å². The number of benzene rings is 2. The maximum Gasteiger partial charge on any atom is 0.257 e. The number of anilines is 2. The first-order chi connectivity index (χ1) is 15.7. The molecule has 1 aliphatic rings. The summed E-state index contributed by atoms with van der Waals surface area (Å²) in [6.45, 7) is 1.02. The number of carbonyl (C=O) groups excluding carboxylic acids is 1. The van der Waals surface area contributed by atoms with Crippen LogP contribution in [0.2, 0.25) is 5.02 Å². The van der Waals surface area contributed by atoms with Crippen LogP contribution in [0.25, 0.3) is 0 Å². The second-order valence-electron chi connectivity index (χ2n) is 7.86. The molecule has 1 fully saturated rings. The lowest BCUT2D eigenvalue weighted by Gasteiger charge is -2.32. The zero-order valence-electron chi connectivity index (χ0n) is 17.5. The highest BCUT2D eigenvalue weighted by Crippen LogP contribution is 2.30.